The number of alkyl halides is 3. The Bertz CT molecular complexity index is 1160. The van der Waals surface area contributed by atoms with E-state index in [1.165, 1.54) is 0 Å². The Labute approximate surface area is 196 Å². The molecule has 0 aliphatic rings. The highest BCUT2D eigenvalue weighted by Gasteiger charge is 2.33. The zero-order valence-corrected chi connectivity index (χ0v) is 18.5. The van der Waals surface area contributed by atoms with Gasteiger partial charge in [-0.2, -0.15) is 13.2 Å². The standard InChI is InChI=1S/C21H15Cl2F3N4OS/c1-2-19(31)28-15-5-3-4-14(9-15)27-18-10-17(21(24,25)26)29-20(30-18)32-11-12-6-7-13(22)8-16(12)23/h2-10H,1,11H2,(H,28,31)(H,27,29,30). The largest absolute Gasteiger partial charge is 0.433 e. The summed E-state index contributed by atoms with van der Waals surface area (Å²) in [5, 5.41) is 6.17. The quantitative estimate of drug-likeness (QED) is 0.209. The van der Waals surface area contributed by atoms with Gasteiger partial charge in [-0.25, -0.2) is 9.97 Å². The van der Waals surface area contributed by atoms with Gasteiger partial charge in [0.1, 0.15) is 5.82 Å². The molecule has 1 heterocycles. The predicted octanol–water partition coefficient (Wildman–Crippen LogP) is 6.96. The monoisotopic (exact) mass is 498 g/mol. The number of hydrogen-bond donors (Lipinski definition) is 2. The van der Waals surface area contributed by atoms with Crippen molar-refractivity contribution in [3.63, 3.8) is 0 Å². The third kappa shape index (κ3) is 6.62. The van der Waals surface area contributed by atoms with Crippen LogP contribution in [0, 0.1) is 0 Å². The average Bonchev–Trinajstić information content (AvgIpc) is 2.72. The Morgan fingerprint density at radius 3 is 2.53 bits per heavy atom. The van der Waals surface area contributed by atoms with Crippen molar-refractivity contribution >= 4 is 58.1 Å². The molecule has 0 aliphatic carbocycles. The van der Waals surface area contributed by atoms with Crippen LogP contribution in [-0.2, 0) is 16.7 Å². The van der Waals surface area contributed by atoms with E-state index in [-0.39, 0.29) is 16.7 Å². The Morgan fingerprint density at radius 2 is 1.84 bits per heavy atom. The van der Waals surface area contributed by atoms with Gasteiger partial charge >= 0.3 is 6.18 Å². The minimum atomic E-state index is -4.66. The fraction of sp³-hybridized carbons (Fsp3) is 0.0952. The van der Waals surface area contributed by atoms with Crippen LogP contribution in [-0.4, -0.2) is 15.9 Å². The van der Waals surface area contributed by atoms with Crippen molar-refractivity contribution in [2.24, 2.45) is 0 Å². The summed E-state index contributed by atoms with van der Waals surface area (Å²) in [5.41, 5.74) is 0.463. The number of aromatic nitrogens is 2. The maximum Gasteiger partial charge on any atom is 0.433 e. The van der Waals surface area contributed by atoms with E-state index in [0.29, 0.717) is 27.0 Å². The minimum Gasteiger partial charge on any atom is -0.340 e. The first-order valence-electron chi connectivity index (χ1n) is 8.97. The lowest BCUT2D eigenvalue weighted by Crippen LogP contribution is -2.11. The van der Waals surface area contributed by atoms with Gasteiger partial charge in [-0.3, -0.25) is 4.79 Å². The zero-order chi connectivity index (χ0) is 23.3. The molecule has 1 amide bonds. The Kier molecular flexibility index (Phi) is 7.65. The minimum absolute atomic E-state index is 0.0516. The van der Waals surface area contributed by atoms with E-state index in [2.05, 4.69) is 27.2 Å². The van der Waals surface area contributed by atoms with Crippen LogP contribution in [0.1, 0.15) is 11.3 Å². The van der Waals surface area contributed by atoms with E-state index in [1.54, 1.807) is 42.5 Å². The molecule has 1 aromatic heterocycles. The second kappa shape index (κ2) is 10.2. The molecule has 0 saturated heterocycles. The number of amides is 1. The Balaban J connectivity index is 1.85. The number of anilines is 3. The first kappa shape index (κ1) is 23.9. The van der Waals surface area contributed by atoms with Gasteiger partial charge in [0.25, 0.3) is 0 Å². The van der Waals surface area contributed by atoms with Gasteiger partial charge in [0.15, 0.2) is 10.9 Å². The van der Waals surface area contributed by atoms with Crippen molar-refractivity contribution in [3.05, 3.63) is 82.5 Å². The molecule has 3 aromatic rings. The molecule has 3 rings (SSSR count). The lowest BCUT2D eigenvalue weighted by atomic mass is 10.2. The number of nitrogens with one attached hydrogen (secondary N) is 2. The molecule has 5 nitrogen and oxygen atoms in total. The SMILES string of the molecule is C=CC(=O)Nc1cccc(Nc2cc(C(F)(F)F)nc(SCc3ccc(Cl)cc3Cl)n2)c1. The fourth-order valence-corrected chi connectivity index (χ4v) is 3.91. The van der Waals surface area contributed by atoms with Crippen molar-refractivity contribution in [3.8, 4) is 0 Å². The van der Waals surface area contributed by atoms with Crippen molar-refractivity contribution in [2.45, 2.75) is 17.1 Å². The molecule has 166 valence electrons. The zero-order valence-electron chi connectivity index (χ0n) is 16.2. The van der Waals surface area contributed by atoms with Crippen LogP contribution in [0.15, 0.2) is 66.3 Å². The summed E-state index contributed by atoms with van der Waals surface area (Å²) in [6.45, 7) is 3.37. The number of rotatable bonds is 7. The van der Waals surface area contributed by atoms with Crippen molar-refractivity contribution < 1.29 is 18.0 Å². The molecule has 0 atom stereocenters. The van der Waals surface area contributed by atoms with Gasteiger partial charge in [0, 0.05) is 33.2 Å². The third-order valence-electron chi connectivity index (χ3n) is 3.96. The number of hydrogen-bond acceptors (Lipinski definition) is 5. The second-order valence-corrected chi connectivity index (χ2v) is 8.13. The van der Waals surface area contributed by atoms with Gasteiger partial charge in [-0.1, -0.05) is 53.7 Å². The molecule has 0 fully saturated rings. The van der Waals surface area contributed by atoms with Gasteiger partial charge in [0.05, 0.1) is 0 Å². The van der Waals surface area contributed by atoms with Crippen molar-refractivity contribution in [2.75, 3.05) is 10.6 Å². The van der Waals surface area contributed by atoms with Gasteiger partial charge in [0.2, 0.25) is 5.91 Å². The highest BCUT2D eigenvalue weighted by Crippen LogP contribution is 2.33. The Hall–Kier alpha value is -2.75. The Morgan fingerprint density at radius 1 is 1.09 bits per heavy atom. The highest BCUT2D eigenvalue weighted by molar-refractivity contribution is 7.98. The number of benzene rings is 2. The summed E-state index contributed by atoms with van der Waals surface area (Å²) in [4.78, 5) is 19.3. The highest BCUT2D eigenvalue weighted by atomic mass is 35.5. The van der Waals surface area contributed by atoms with Crippen molar-refractivity contribution in [1.29, 1.82) is 0 Å². The van der Waals surface area contributed by atoms with Gasteiger partial charge in [-0.15, -0.1) is 0 Å². The van der Waals surface area contributed by atoms with Crippen LogP contribution in [0.3, 0.4) is 0 Å². The van der Waals surface area contributed by atoms with E-state index < -0.39 is 17.8 Å². The third-order valence-corrected chi connectivity index (χ3v) is 5.44. The van der Waals surface area contributed by atoms with E-state index in [4.69, 9.17) is 23.2 Å². The number of halogens is 5. The maximum absolute atomic E-state index is 13.4. The van der Waals surface area contributed by atoms with Gasteiger partial charge < -0.3 is 10.6 Å². The molecule has 0 aliphatic heterocycles. The summed E-state index contributed by atoms with van der Waals surface area (Å²) < 4.78 is 40.2. The molecule has 0 saturated carbocycles. The van der Waals surface area contributed by atoms with Gasteiger partial charge in [-0.05, 0) is 42.0 Å². The van der Waals surface area contributed by atoms with E-state index in [1.807, 2.05) is 0 Å². The molecular weight excluding hydrogens is 484 g/mol. The lowest BCUT2D eigenvalue weighted by Gasteiger charge is -2.13. The smallest absolute Gasteiger partial charge is 0.340 e. The van der Waals surface area contributed by atoms with Crippen LogP contribution in [0.25, 0.3) is 0 Å². The summed E-state index contributed by atoms with van der Waals surface area (Å²) in [5.74, 6) is -0.216. The normalized spacial score (nSPS) is 11.2. The van der Waals surface area contributed by atoms with Crippen LogP contribution >= 0.6 is 35.0 Å². The molecule has 0 bridgehead atoms. The van der Waals surface area contributed by atoms with Crippen LogP contribution < -0.4 is 10.6 Å². The van der Waals surface area contributed by atoms with Crippen LogP contribution in [0.2, 0.25) is 10.0 Å². The number of carbonyl (C=O) groups excluding carboxylic acids is 1. The molecular formula is C21H15Cl2F3N4OS. The number of carbonyl (C=O) groups is 1. The summed E-state index contributed by atoms with van der Waals surface area (Å²) in [6, 6.07) is 12.1. The molecule has 0 spiro atoms. The number of thioether (sulfide) groups is 1. The maximum atomic E-state index is 13.4. The predicted molar refractivity (Wildman–Crippen MR) is 122 cm³/mol. The molecule has 32 heavy (non-hydrogen) atoms. The molecule has 0 radical (unpaired) electrons. The average molecular weight is 499 g/mol. The van der Waals surface area contributed by atoms with E-state index >= 15 is 0 Å². The van der Waals surface area contributed by atoms with Crippen molar-refractivity contribution in [1.82, 2.24) is 9.97 Å². The second-order valence-electron chi connectivity index (χ2n) is 6.34. The van der Waals surface area contributed by atoms with E-state index in [0.717, 1.165) is 23.9 Å². The topological polar surface area (TPSA) is 66.9 Å². The lowest BCUT2D eigenvalue weighted by molar-refractivity contribution is -0.141. The van der Waals surface area contributed by atoms with E-state index in [9.17, 15) is 18.0 Å². The summed E-state index contributed by atoms with van der Waals surface area (Å²) in [7, 11) is 0. The first-order chi connectivity index (χ1) is 15.1. The molecule has 0 unspecified atom stereocenters. The summed E-state index contributed by atoms with van der Waals surface area (Å²) >= 11 is 13.0. The van der Waals surface area contributed by atoms with Crippen LogP contribution in [0.4, 0.5) is 30.4 Å². The van der Waals surface area contributed by atoms with Crippen LogP contribution in [0.5, 0.6) is 0 Å². The number of nitrogens with zero attached hydrogens (tertiary/aromatic N) is 2. The fourth-order valence-electron chi connectivity index (χ4n) is 2.50. The first-order valence-corrected chi connectivity index (χ1v) is 10.7. The molecule has 11 heteroatoms. The molecule has 2 N–H and O–H groups in total. The summed E-state index contributed by atoms with van der Waals surface area (Å²) in [6.07, 6.45) is -3.55. The molecule has 2 aromatic carbocycles.